The number of carbonyl (C=O) groups is 1. The molecule has 1 aromatic rings. The van der Waals surface area contributed by atoms with Crippen LogP contribution in [0, 0.1) is 5.82 Å². The van der Waals surface area contributed by atoms with Gasteiger partial charge in [0.2, 0.25) is 0 Å². The average molecular weight is 283 g/mol. The molecule has 0 aliphatic carbocycles. The van der Waals surface area contributed by atoms with Crippen molar-refractivity contribution in [3.63, 3.8) is 0 Å². The van der Waals surface area contributed by atoms with E-state index >= 15 is 0 Å². The molecule has 6 heteroatoms. The molecule has 1 aliphatic heterocycles. The van der Waals surface area contributed by atoms with Crippen molar-refractivity contribution in [3.8, 4) is 5.75 Å². The molecule has 0 amide bonds. The SMILES string of the molecule is COc1ccc(C(NCC2CCCO2)C(=O)O)cc1F. The Kier molecular flexibility index (Phi) is 4.92. The summed E-state index contributed by atoms with van der Waals surface area (Å²) in [6, 6.07) is 3.19. The first-order valence-corrected chi connectivity index (χ1v) is 6.53. The van der Waals surface area contributed by atoms with Crippen molar-refractivity contribution >= 4 is 5.97 Å². The number of methoxy groups -OCH3 is 1. The van der Waals surface area contributed by atoms with Crippen molar-refractivity contribution < 1.29 is 23.8 Å². The minimum atomic E-state index is -1.05. The maximum absolute atomic E-state index is 13.6. The molecule has 2 rings (SSSR count). The second-order valence-corrected chi connectivity index (χ2v) is 4.71. The Bertz CT molecular complexity index is 474. The molecule has 0 aromatic heterocycles. The van der Waals surface area contributed by atoms with Crippen LogP contribution in [0.1, 0.15) is 24.4 Å². The Balaban J connectivity index is 2.07. The number of aliphatic carboxylic acids is 1. The zero-order chi connectivity index (χ0) is 14.5. The number of nitrogens with one attached hydrogen (secondary N) is 1. The van der Waals surface area contributed by atoms with Crippen molar-refractivity contribution in [1.82, 2.24) is 5.32 Å². The third-order valence-corrected chi connectivity index (χ3v) is 3.33. The molecule has 5 nitrogen and oxygen atoms in total. The summed E-state index contributed by atoms with van der Waals surface area (Å²) < 4.78 is 23.9. The predicted molar refractivity (Wildman–Crippen MR) is 70.3 cm³/mol. The molecule has 1 aliphatic rings. The summed E-state index contributed by atoms with van der Waals surface area (Å²) in [6.07, 6.45) is 1.93. The fourth-order valence-corrected chi connectivity index (χ4v) is 2.26. The molecule has 1 heterocycles. The fourth-order valence-electron chi connectivity index (χ4n) is 2.26. The van der Waals surface area contributed by atoms with E-state index in [9.17, 15) is 14.3 Å². The summed E-state index contributed by atoms with van der Waals surface area (Å²) in [4.78, 5) is 11.3. The molecule has 1 saturated heterocycles. The lowest BCUT2D eigenvalue weighted by molar-refractivity contribution is -0.139. The highest BCUT2D eigenvalue weighted by Crippen LogP contribution is 2.22. The molecule has 110 valence electrons. The van der Waals surface area contributed by atoms with Crippen LogP contribution >= 0.6 is 0 Å². The van der Waals surface area contributed by atoms with Crippen LogP contribution in [-0.4, -0.2) is 37.4 Å². The minimum absolute atomic E-state index is 0.0277. The van der Waals surface area contributed by atoms with Crippen molar-refractivity contribution in [3.05, 3.63) is 29.6 Å². The largest absolute Gasteiger partial charge is 0.494 e. The van der Waals surface area contributed by atoms with Crippen LogP contribution in [0.25, 0.3) is 0 Å². The number of ether oxygens (including phenoxy) is 2. The number of hydrogen-bond acceptors (Lipinski definition) is 4. The highest BCUT2D eigenvalue weighted by atomic mass is 19.1. The maximum Gasteiger partial charge on any atom is 0.325 e. The Morgan fingerprint density at radius 2 is 2.45 bits per heavy atom. The number of hydrogen-bond donors (Lipinski definition) is 2. The van der Waals surface area contributed by atoms with Crippen LogP contribution in [0.5, 0.6) is 5.75 Å². The number of rotatable bonds is 6. The molecule has 0 spiro atoms. The standard InChI is InChI=1S/C14H18FNO4/c1-19-12-5-4-9(7-11(12)15)13(14(17)18)16-8-10-3-2-6-20-10/h4-5,7,10,13,16H,2-3,6,8H2,1H3,(H,17,18). The summed E-state index contributed by atoms with van der Waals surface area (Å²) in [7, 11) is 1.36. The lowest BCUT2D eigenvalue weighted by Gasteiger charge is -2.18. The summed E-state index contributed by atoms with van der Waals surface area (Å²) in [5.74, 6) is -1.53. The summed E-state index contributed by atoms with van der Waals surface area (Å²) in [5.41, 5.74) is 0.355. The normalized spacial score (nSPS) is 19.8. The fraction of sp³-hybridized carbons (Fsp3) is 0.500. The van der Waals surface area contributed by atoms with Gasteiger partial charge < -0.3 is 14.6 Å². The van der Waals surface area contributed by atoms with Gasteiger partial charge in [-0.15, -0.1) is 0 Å². The lowest BCUT2D eigenvalue weighted by atomic mass is 10.1. The van der Waals surface area contributed by atoms with Gasteiger partial charge in [0.1, 0.15) is 6.04 Å². The molecule has 20 heavy (non-hydrogen) atoms. The Morgan fingerprint density at radius 1 is 1.65 bits per heavy atom. The van der Waals surface area contributed by atoms with Gasteiger partial charge in [0.05, 0.1) is 13.2 Å². The molecule has 0 radical (unpaired) electrons. The van der Waals surface area contributed by atoms with E-state index in [4.69, 9.17) is 9.47 Å². The first-order valence-electron chi connectivity index (χ1n) is 6.53. The smallest absolute Gasteiger partial charge is 0.325 e. The van der Waals surface area contributed by atoms with Crippen LogP contribution in [0.2, 0.25) is 0 Å². The number of benzene rings is 1. The van der Waals surface area contributed by atoms with Crippen LogP contribution < -0.4 is 10.1 Å². The zero-order valence-electron chi connectivity index (χ0n) is 11.3. The third kappa shape index (κ3) is 3.46. The van der Waals surface area contributed by atoms with Crippen LogP contribution in [0.4, 0.5) is 4.39 Å². The van der Waals surface area contributed by atoms with Crippen molar-refractivity contribution in [2.24, 2.45) is 0 Å². The van der Waals surface area contributed by atoms with Crippen molar-refractivity contribution in [2.75, 3.05) is 20.3 Å². The molecule has 0 bridgehead atoms. The summed E-state index contributed by atoms with van der Waals surface area (Å²) in [5, 5.41) is 12.2. The van der Waals surface area contributed by atoms with E-state index in [1.807, 2.05) is 0 Å². The van der Waals surface area contributed by atoms with Gasteiger partial charge in [0.25, 0.3) is 0 Å². The number of carboxylic acid groups (broad SMARTS) is 1. The molecular weight excluding hydrogens is 265 g/mol. The van der Waals surface area contributed by atoms with E-state index in [0.717, 1.165) is 12.8 Å². The summed E-state index contributed by atoms with van der Waals surface area (Å²) >= 11 is 0. The molecule has 2 unspecified atom stereocenters. The van der Waals surface area contributed by atoms with Gasteiger partial charge in [-0.2, -0.15) is 0 Å². The van der Waals surface area contributed by atoms with E-state index < -0.39 is 17.8 Å². The number of carboxylic acids is 1. The first kappa shape index (κ1) is 14.7. The second kappa shape index (κ2) is 6.67. The van der Waals surface area contributed by atoms with Gasteiger partial charge in [0.15, 0.2) is 11.6 Å². The maximum atomic E-state index is 13.6. The van der Waals surface area contributed by atoms with Crippen LogP contribution in [-0.2, 0) is 9.53 Å². The molecule has 2 atom stereocenters. The third-order valence-electron chi connectivity index (χ3n) is 3.33. The van der Waals surface area contributed by atoms with E-state index in [0.29, 0.717) is 18.7 Å². The molecule has 1 fully saturated rings. The van der Waals surface area contributed by atoms with Crippen molar-refractivity contribution in [2.45, 2.75) is 25.0 Å². The molecule has 2 N–H and O–H groups in total. The van der Waals surface area contributed by atoms with E-state index in [1.165, 1.54) is 19.2 Å². The van der Waals surface area contributed by atoms with Crippen LogP contribution in [0.15, 0.2) is 18.2 Å². The van der Waals surface area contributed by atoms with Gasteiger partial charge in [-0.3, -0.25) is 10.1 Å². The van der Waals surface area contributed by atoms with Gasteiger partial charge in [-0.05, 0) is 30.5 Å². The minimum Gasteiger partial charge on any atom is -0.494 e. The molecular formula is C14H18FNO4. The topological polar surface area (TPSA) is 67.8 Å². The zero-order valence-corrected chi connectivity index (χ0v) is 11.3. The van der Waals surface area contributed by atoms with E-state index in [1.54, 1.807) is 6.07 Å². The van der Waals surface area contributed by atoms with Crippen LogP contribution in [0.3, 0.4) is 0 Å². The monoisotopic (exact) mass is 283 g/mol. The van der Waals surface area contributed by atoms with Gasteiger partial charge in [0, 0.05) is 13.2 Å². The molecule has 1 aromatic carbocycles. The van der Waals surface area contributed by atoms with Gasteiger partial charge in [-0.25, -0.2) is 4.39 Å². The second-order valence-electron chi connectivity index (χ2n) is 4.71. The van der Waals surface area contributed by atoms with Crippen molar-refractivity contribution in [1.29, 1.82) is 0 Å². The Labute approximate surface area is 116 Å². The predicted octanol–water partition coefficient (Wildman–Crippen LogP) is 1.73. The van der Waals surface area contributed by atoms with Gasteiger partial charge >= 0.3 is 5.97 Å². The Morgan fingerprint density at radius 3 is 3.00 bits per heavy atom. The average Bonchev–Trinajstić information content (AvgIpc) is 2.92. The highest BCUT2D eigenvalue weighted by molar-refractivity contribution is 5.75. The lowest BCUT2D eigenvalue weighted by Crippen LogP contribution is -2.34. The molecule has 0 saturated carbocycles. The highest BCUT2D eigenvalue weighted by Gasteiger charge is 2.23. The Hall–Kier alpha value is -1.66. The summed E-state index contributed by atoms with van der Waals surface area (Å²) in [6.45, 7) is 1.14. The van der Waals surface area contributed by atoms with E-state index in [-0.39, 0.29) is 11.9 Å². The number of halogens is 1. The quantitative estimate of drug-likeness (QED) is 0.832. The first-order chi connectivity index (χ1) is 9.61. The van der Waals surface area contributed by atoms with Gasteiger partial charge in [-0.1, -0.05) is 6.07 Å². The van der Waals surface area contributed by atoms with E-state index in [2.05, 4.69) is 5.32 Å².